The Morgan fingerprint density at radius 2 is 1.81 bits per heavy atom. The van der Waals surface area contributed by atoms with Gasteiger partial charge in [-0.05, 0) is 54.5 Å². The Kier molecular flexibility index (Phi) is 7.91. The van der Waals surface area contributed by atoms with Crippen LogP contribution in [0, 0.1) is 11.3 Å². The Morgan fingerprint density at radius 3 is 2.38 bits per heavy atom. The Morgan fingerprint density at radius 1 is 1.12 bits per heavy atom. The van der Waals surface area contributed by atoms with Gasteiger partial charge in [-0.15, -0.1) is 0 Å². The van der Waals surface area contributed by atoms with Gasteiger partial charge in [0.2, 0.25) is 0 Å². The number of rotatable bonds is 7. The highest BCUT2D eigenvalue weighted by molar-refractivity contribution is 5.53. The van der Waals surface area contributed by atoms with Crippen molar-refractivity contribution >= 4 is 0 Å². The highest BCUT2D eigenvalue weighted by Crippen LogP contribution is 2.37. The maximum absolute atomic E-state index is 10.6. The minimum Gasteiger partial charge on any atom is -0.490 e. The predicted molar refractivity (Wildman–Crippen MR) is 122 cm³/mol. The Balaban J connectivity index is 2.04. The summed E-state index contributed by atoms with van der Waals surface area (Å²) in [5.41, 5.74) is 4.11. The molecule has 1 saturated heterocycles. The van der Waals surface area contributed by atoms with E-state index in [1.54, 1.807) is 6.07 Å². The molecule has 0 saturated carbocycles. The summed E-state index contributed by atoms with van der Waals surface area (Å²) in [6.45, 7) is 7.81. The summed E-state index contributed by atoms with van der Waals surface area (Å²) >= 11 is 0. The van der Waals surface area contributed by atoms with Crippen molar-refractivity contribution in [2.24, 2.45) is 0 Å². The average molecular weight is 440 g/mol. The summed E-state index contributed by atoms with van der Waals surface area (Å²) in [7, 11) is 0. The molecule has 0 unspecified atom stereocenters. The molecule has 3 N–H and O–H groups in total. The third-order valence-corrected chi connectivity index (χ3v) is 5.80. The van der Waals surface area contributed by atoms with Crippen molar-refractivity contribution in [1.29, 1.82) is 5.26 Å². The first kappa shape index (κ1) is 24.2. The van der Waals surface area contributed by atoms with Crippen LogP contribution >= 0.6 is 0 Å². The van der Waals surface area contributed by atoms with Crippen LogP contribution in [0.3, 0.4) is 0 Å². The fourth-order valence-electron chi connectivity index (χ4n) is 4.06. The zero-order valence-corrected chi connectivity index (χ0v) is 19.2. The molecule has 0 aromatic heterocycles. The lowest BCUT2D eigenvalue weighted by molar-refractivity contribution is -0.179. The normalized spacial score (nSPS) is 23.4. The second-order valence-electron chi connectivity index (χ2n) is 9.06. The summed E-state index contributed by atoms with van der Waals surface area (Å²) in [6.07, 6.45) is -3.04. The fourth-order valence-corrected chi connectivity index (χ4v) is 4.06. The molecule has 2 aromatic carbocycles. The summed E-state index contributed by atoms with van der Waals surface area (Å²) in [5.74, 6) is 0.856. The fraction of sp³-hybridized carbons (Fsp3) is 0.500. The van der Waals surface area contributed by atoms with Gasteiger partial charge in [0.05, 0.1) is 30.5 Å². The monoisotopic (exact) mass is 439 g/mol. The number of benzene rings is 2. The molecule has 2 aromatic rings. The molecule has 3 rings (SSSR count). The topological polar surface area (TPSA) is 103 Å². The molecule has 1 heterocycles. The van der Waals surface area contributed by atoms with Crippen molar-refractivity contribution < 1.29 is 24.8 Å². The van der Waals surface area contributed by atoms with E-state index < -0.39 is 24.4 Å². The smallest absolute Gasteiger partial charge is 0.138 e. The van der Waals surface area contributed by atoms with Crippen LogP contribution in [0.5, 0.6) is 5.75 Å². The Bertz CT molecular complexity index is 948. The van der Waals surface area contributed by atoms with Gasteiger partial charge in [0, 0.05) is 6.42 Å². The molecule has 0 spiro atoms. The Hall–Kier alpha value is -2.43. The summed E-state index contributed by atoms with van der Waals surface area (Å²) in [5, 5.41) is 40.3. The number of nitriles is 1. The summed E-state index contributed by atoms with van der Waals surface area (Å²) in [6, 6.07) is 14.1. The molecule has 0 bridgehead atoms. The van der Waals surface area contributed by atoms with Gasteiger partial charge < -0.3 is 24.8 Å². The third-order valence-electron chi connectivity index (χ3n) is 5.80. The first-order valence-corrected chi connectivity index (χ1v) is 11.2. The van der Waals surface area contributed by atoms with Crippen molar-refractivity contribution in [2.75, 3.05) is 6.61 Å². The van der Waals surface area contributed by atoms with E-state index in [2.05, 4.69) is 44.2 Å². The van der Waals surface area contributed by atoms with Crippen LogP contribution in [0.4, 0.5) is 0 Å². The maximum atomic E-state index is 10.6. The molecule has 1 aliphatic heterocycles. The molecule has 6 nitrogen and oxygen atoms in total. The lowest BCUT2D eigenvalue weighted by Crippen LogP contribution is -2.44. The largest absolute Gasteiger partial charge is 0.490 e. The number of ether oxygens (including phenoxy) is 2. The van der Waals surface area contributed by atoms with Crippen LogP contribution in [0.25, 0.3) is 0 Å². The minimum atomic E-state index is -1.14. The average Bonchev–Trinajstić information content (AvgIpc) is 2.75. The first-order valence-electron chi connectivity index (χ1n) is 11.2. The zero-order valence-electron chi connectivity index (χ0n) is 19.2. The number of nitrogens with zero attached hydrogens (tertiary/aromatic N) is 1. The molecule has 6 heteroatoms. The third kappa shape index (κ3) is 5.48. The van der Waals surface area contributed by atoms with E-state index >= 15 is 0 Å². The minimum absolute atomic E-state index is 0.150. The van der Waals surface area contributed by atoms with Crippen LogP contribution < -0.4 is 4.74 Å². The molecule has 0 amide bonds. The van der Waals surface area contributed by atoms with Gasteiger partial charge in [0.15, 0.2) is 0 Å². The van der Waals surface area contributed by atoms with Crippen molar-refractivity contribution in [3.05, 3.63) is 64.2 Å². The highest BCUT2D eigenvalue weighted by Gasteiger charge is 2.38. The van der Waals surface area contributed by atoms with E-state index in [0.717, 1.165) is 11.1 Å². The van der Waals surface area contributed by atoms with Crippen molar-refractivity contribution in [3.63, 3.8) is 0 Å². The summed E-state index contributed by atoms with van der Waals surface area (Å²) < 4.78 is 11.8. The molecule has 0 aliphatic carbocycles. The van der Waals surface area contributed by atoms with Crippen LogP contribution in [0.1, 0.15) is 74.0 Å². The standard InChI is InChI=1S/C26H33NO5/c1-15(2)18-7-5-17(6-8-18)9-19-10-20(11-24(22(19)13-27)31-16(3)4)26-25(30)23(29)12-21(14-28)32-26/h5-8,10-11,15-16,21,23,25-26,28-30H,9,12,14H2,1-4H3/t21-,23-,25+,26-/m0/s1. The predicted octanol–water partition coefficient (Wildman–Crippen LogP) is 3.60. The van der Waals surface area contributed by atoms with Gasteiger partial charge in [-0.2, -0.15) is 5.26 Å². The van der Waals surface area contributed by atoms with E-state index in [1.165, 1.54) is 5.56 Å². The van der Waals surface area contributed by atoms with Crippen molar-refractivity contribution in [2.45, 2.75) is 77.0 Å². The molecule has 1 aliphatic rings. The van der Waals surface area contributed by atoms with E-state index in [9.17, 15) is 20.6 Å². The van der Waals surface area contributed by atoms with Crippen LogP contribution in [-0.2, 0) is 11.2 Å². The number of aliphatic hydroxyl groups is 3. The van der Waals surface area contributed by atoms with Crippen molar-refractivity contribution in [3.8, 4) is 11.8 Å². The van der Waals surface area contributed by atoms with Gasteiger partial charge in [-0.25, -0.2) is 0 Å². The van der Waals surface area contributed by atoms with Crippen LogP contribution in [0.2, 0.25) is 0 Å². The number of aliphatic hydroxyl groups excluding tert-OH is 3. The van der Waals surface area contributed by atoms with E-state index in [1.807, 2.05) is 19.9 Å². The van der Waals surface area contributed by atoms with Crippen LogP contribution in [0.15, 0.2) is 36.4 Å². The molecule has 4 atom stereocenters. The SMILES string of the molecule is CC(C)Oc1cc([C@@H]2O[C@H](CO)C[C@H](O)[C@H]2O)cc(Cc2ccc(C(C)C)cc2)c1C#N. The molecular formula is C26H33NO5. The van der Waals surface area contributed by atoms with E-state index in [-0.39, 0.29) is 19.1 Å². The van der Waals surface area contributed by atoms with Gasteiger partial charge in [0.25, 0.3) is 0 Å². The van der Waals surface area contributed by atoms with E-state index in [0.29, 0.717) is 29.2 Å². The number of hydrogen-bond donors (Lipinski definition) is 3. The molecule has 172 valence electrons. The lowest BCUT2D eigenvalue weighted by Gasteiger charge is -2.37. The van der Waals surface area contributed by atoms with Crippen LogP contribution in [-0.4, -0.2) is 46.3 Å². The summed E-state index contributed by atoms with van der Waals surface area (Å²) in [4.78, 5) is 0. The highest BCUT2D eigenvalue weighted by atomic mass is 16.5. The van der Waals surface area contributed by atoms with Crippen molar-refractivity contribution in [1.82, 2.24) is 0 Å². The molecule has 32 heavy (non-hydrogen) atoms. The molecule has 0 radical (unpaired) electrons. The van der Waals surface area contributed by atoms with Gasteiger partial charge in [0.1, 0.15) is 24.0 Å². The van der Waals surface area contributed by atoms with Gasteiger partial charge in [-0.1, -0.05) is 44.2 Å². The molecule has 1 fully saturated rings. The zero-order chi connectivity index (χ0) is 23.4. The quantitative estimate of drug-likeness (QED) is 0.609. The molecular weight excluding hydrogens is 406 g/mol. The lowest BCUT2D eigenvalue weighted by atomic mass is 9.89. The maximum Gasteiger partial charge on any atom is 0.138 e. The first-order chi connectivity index (χ1) is 15.2. The van der Waals surface area contributed by atoms with Gasteiger partial charge >= 0.3 is 0 Å². The number of hydrogen-bond acceptors (Lipinski definition) is 6. The second kappa shape index (κ2) is 10.5. The van der Waals surface area contributed by atoms with E-state index in [4.69, 9.17) is 9.47 Å². The Labute approximate surface area is 190 Å². The van der Waals surface area contributed by atoms with Gasteiger partial charge in [-0.3, -0.25) is 0 Å². The second-order valence-corrected chi connectivity index (χ2v) is 9.06.